The second-order valence-electron chi connectivity index (χ2n) is 6.46. The standard InChI is InChI=1S/C15H31N3O3S.HI/c1-13(2)6-5-9-17-14(16-3)18-12-15(22(4,19)20)7-10-21-11-8-15;/h13H,5-12H2,1-4H3,(H2,16,17,18);1H. The van der Waals surface area contributed by atoms with E-state index in [4.69, 9.17) is 4.74 Å². The summed E-state index contributed by atoms with van der Waals surface area (Å²) in [6, 6.07) is 0. The number of nitrogens with zero attached hydrogens (tertiary/aromatic N) is 1. The van der Waals surface area contributed by atoms with E-state index in [2.05, 4.69) is 29.5 Å². The van der Waals surface area contributed by atoms with E-state index in [0.29, 0.717) is 44.5 Å². The molecule has 0 aromatic carbocycles. The summed E-state index contributed by atoms with van der Waals surface area (Å²) < 4.78 is 28.9. The molecule has 2 N–H and O–H groups in total. The van der Waals surface area contributed by atoms with Crippen LogP contribution in [-0.4, -0.2) is 58.7 Å². The van der Waals surface area contributed by atoms with Gasteiger partial charge in [0.15, 0.2) is 15.8 Å². The molecule has 1 fully saturated rings. The van der Waals surface area contributed by atoms with Crippen molar-refractivity contribution in [3.05, 3.63) is 0 Å². The summed E-state index contributed by atoms with van der Waals surface area (Å²) in [6.07, 6.45) is 4.61. The summed E-state index contributed by atoms with van der Waals surface area (Å²) in [5.74, 6) is 1.35. The molecule has 0 bridgehead atoms. The molecule has 0 spiro atoms. The molecule has 1 saturated heterocycles. The fraction of sp³-hybridized carbons (Fsp3) is 0.933. The first kappa shape index (κ1) is 22.9. The lowest BCUT2D eigenvalue weighted by molar-refractivity contribution is 0.0756. The average molecular weight is 461 g/mol. The Morgan fingerprint density at radius 1 is 1.26 bits per heavy atom. The van der Waals surface area contributed by atoms with Crippen molar-refractivity contribution < 1.29 is 13.2 Å². The Kier molecular flexibility index (Phi) is 10.7. The maximum atomic E-state index is 12.2. The summed E-state index contributed by atoms with van der Waals surface area (Å²) in [5, 5.41) is 6.42. The summed E-state index contributed by atoms with van der Waals surface area (Å²) in [7, 11) is -1.45. The Labute approximate surface area is 158 Å². The third-order valence-corrected chi connectivity index (χ3v) is 6.37. The monoisotopic (exact) mass is 461 g/mol. The quantitative estimate of drug-likeness (QED) is 0.262. The van der Waals surface area contributed by atoms with Crippen LogP contribution in [0.1, 0.15) is 39.5 Å². The molecule has 6 nitrogen and oxygen atoms in total. The van der Waals surface area contributed by atoms with Gasteiger partial charge in [-0.25, -0.2) is 8.42 Å². The van der Waals surface area contributed by atoms with Gasteiger partial charge >= 0.3 is 0 Å². The Balaban J connectivity index is 0.00000484. The minimum Gasteiger partial charge on any atom is -0.381 e. The van der Waals surface area contributed by atoms with Crippen LogP contribution in [0.4, 0.5) is 0 Å². The van der Waals surface area contributed by atoms with Crippen molar-refractivity contribution in [3.8, 4) is 0 Å². The van der Waals surface area contributed by atoms with Gasteiger partial charge in [-0.2, -0.15) is 0 Å². The van der Waals surface area contributed by atoms with Crippen molar-refractivity contribution in [2.75, 3.05) is 39.6 Å². The first-order chi connectivity index (χ1) is 10.3. The van der Waals surface area contributed by atoms with Crippen molar-refractivity contribution in [1.82, 2.24) is 10.6 Å². The van der Waals surface area contributed by atoms with E-state index >= 15 is 0 Å². The molecule has 0 unspecified atom stereocenters. The van der Waals surface area contributed by atoms with Gasteiger partial charge in [0.05, 0.1) is 4.75 Å². The molecular weight excluding hydrogens is 429 g/mol. The summed E-state index contributed by atoms with van der Waals surface area (Å²) in [5.41, 5.74) is 0. The van der Waals surface area contributed by atoms with E-state index in [-0.39, 0.29) is 24.0 Å². The summed E-state index contributed by atoms with van der Waals surface area (Å²) in [6.45, 7) is 6.61. The highest BCUT2D eigenvalue weighted by atomic mass is 127. The van der Waals surface area contributed by atoms with E-state index in [1.807, 2.05) is 0 Å². The molecule has 0 aromatic heterocycles. The lowest BCUT2D eigenvalue weighted by Gasteiger charge is -2.35. The van der Waals surface area contributed by atoms with Crippen molar-refractivity contribution in [1.29, 1.82) is 0 Å². The number of sulfone groups is 1. The van der Waals surface area contributed by atoms with E-state index in [9.17, 15) is 8.42 Å². The van der Waals surface area contributed by atoms with Gasteiger partial charge in [-0.15, -0.1) is 24.0 Å². The molecule has 0 radical (unpaired) electrons. The fourth-order valence-electron chi connectivity index (χ4n) is 2.60. The number of hydrogen-bond donors (Lipinski definition) is 2. The molecule has 8 heteroatoms. The second-order valence-corrected chi connectivity index (χ2v) is 8.87. The Morgan fingerprint density at radius 3 is 2.35 bits per heavy atom. The van der Waals surface area contributed by atoms with E-state index in [1.165, 1.54) is 6.26 Å². The molecule has 0 amide bonds. The van der Waals surface area contributed by atoms with E-state index in [1.54, 1.807) is 7.05 Å². The van der Waals surface area contributed by atoms with Crippen LogP contribution in [0.2, 0.25) is 0 Å². The van der Waals surface area contributed by atoms with Gasteiger partial charge in [-0.3, -0.25) is 4.99 Å². The molecule has 0 aliphatic carbocycles. The molecule has 0 atom stereocenters. The van der Waals surface area contributed by atoms with Gasteiger partial charge in [-0.05, 0) is 31.6 Å². The zero-order chi connectivity index (χ0) is 16.6. The fourth-order valence-corrected chi connectivity index (χ4v) is 3.85. The van der Waals surface area contributed by atoms with Crippen molar-refractivity contribution >= 4 is 39.8 Å². The Morgan fingerprint density at radius 2 is 1.87 bits per heavy atom. The zero-order valence-electron chi connectivity index (χ0n) is 14.7. The summed E-state index contributed by atoms with van der Waals surface area (Å²) in [4.78, 5) is 4.17. The smallest absolute Gasteiger partial charge is 0.191 e. The van der Waals surface area contributed by atoms with Crippen LogP contribution in [0.15, 0.2) is 4.99 Å². The van der Waals surface area contributed by atoms with E-state index < -0.39 is 14.6 Å². The van der Waals surface area contributed by atoms with Gasteiger partial charge in [-0.1, -0.05) is 13.8 Å². The van der Waals surface area contributed by atoms with Crippen molar-refractivity contribution in [2.24, 2.45) is 10.9 Å². The lowest BCUT2D eigenvalue weighted by atomic mass is 9.99. The molecule has 138 valence electrons. The lowest BCUT2D eigenvalue weighted by Crippen LogP contribution is -2.53. The highest BCUT2D eigenvalue weighted by Gasteiger charge is 2.42. The summed E-state index contributed by atoms with van der Waals surface area (Å²) >= 11 is 0. The highest BCUT2D eigenvalue weighted by Crippen LogP contribution is 2.28. The molecule has 0 aromatic rings. The molecule has 23 heavy (non-hydrogen) atoms. The van der Waals surface area contributed by atoms with Gasteiger partial charge < -0.3 is 15.4 Å². The van der Waals surface area contributed by atoms with Crippen LogP contribution in [0.3, 0.4) is 0 Å². The maximum Gasteiger partial charge on any atom is 0.191 e. The average Bonchev–Trinajstić information content (AvgIpc) is 2.46. The second kappa shape index (κ2) is 10.7. The van der Waals surface area contributed by atoms with Crippen LogP contribution in [-0.2, 0) is 14.6 Å². The van der Waals surface area contributed by atoms with Crippen LogP contribution < -0.4 is 10.6 Å². The molecule has 0 saturated carbocycles. The third kappa shape index (κ3) is 7.55. The number of nitrogens with one attached hydrogen (secondary N) is 2. The van der Waals surface area contributed by atoms with Crippen LogP contribution >= 0.6 is 24.0 Å². The van der Waals surface area contributed by atoms with Crippen LogP contribution in [0.25, 0.3) is 0 Å². The minimum atomic E-state index is -3.15. The number of guanidine groups is 1. The predicted octanol–water partition coefficient (Wildman–Crippen LogP) is 1.80. The Hall–Kier alpha value is -0.0900. The zero-order valence-corrected chi connectivity index (χ0v) is 17.9. The number of hydrogen-bond acceptors (Lipinski definition) is 4. The number of halogens is 1. The molecular formula is C15H32IN3O3S. The van der Waals surface area contributed by atoms with Gasteiger partial charge in [0.25, 0.3) is 0 Å². The predicted molar refractivity (Wildman–Crippen MR) is 106 cm³/mol. The normalized spacial score (nSPS) is 18.4. The highest BCUT2D eigenvalue weighted by molar-refractivity contribution is 14.0. The van der Waals surface area contributed by atoms with Crippen LogP contribution in [0.5, 0.6) is 0 Å². The number of rotatable bonds is 7. The van der Waals surface area contributed by atoms with Crippen molar-refractivity contribution in [2.45, 2.75) is 44.3 Å². The first-order valence-corrected chi connectivity index (χ1v) is 9.92. The maximum absolute atomic E-state index is 12.2. The molecule has 1 aliphatic heterocycles. The largest absolute Gasteiger partial charge is 0.381 e. The Bertz CT molecular complexity index is 461. The van der Waals surface area contributed by atoms with Gasteiger partial charge in [0, 0.05) is 39.6 Å². The third-order valence-electron chi connectivity index (χ3n) is 4.24. The topological polar surface area (TPSA) is 79.8 Å². The molecule has 1 aliphatic rings. The van der Waals surface area contributed by atoms with E-state index in [0.717, 1.165) is 19.4 Å². The van der Waals surface area contributed by atoms with Crippen molar-refractivity contribution in [3.63, 3.8) is 0 Å². The van der Waals surface area contributed by atoms with Gasteiger partial charge in [0.1, 0.15) is 0 Å². The van der Waals surface area contributed by atoms with Crippen LogP contribution in [0, 0.1) is 5.92 Å². The van der Waals surface area contributed by atoms with Gasteiger partial charge in [0.2, 0.25) is 0 Å². The molecule has 1 heterocycles. The SMILES string of the molecule is CN=C(NCCCC(C)C)NCC1(S(C)(=O)=O)CCOCC1.I. The molecule has 1 rings (SSSR count). The minimum absolute atomic E-state index is 0. The number of ether oxygens (including phenoxy) is 1. The number of aliphatic imine (C=N–C) groups is 1. The first-order valence-electron chi connectivity index (χ1n) is 8.02.